The van der Waals surface area contributed by atoms with Crippen LogP contribution in [0.3, 0.4) is 0 Å². The summed E-state index contributed by atoms with van der Waals surface area (Å²) in [5.41, 5.74) is 0.673. The summed E-state index contributed by atoms with van der Waals surface area (Å²) in [6.45, 7) is 5.42. The average Bonchev–Trinajstić information content (AvgIpc) is 2.37. The number of rotatable bonds is 8. The Hall–Kier alpha value is -0.840. The van der Waals surface area contributed by atoms with Gasteiger partial charge >= 0.3 is 0 Å². The molecule has 0 aromatic carbocycles. The highest BCUT2D eigenvalue weighted by Gasteiger charge is 2.05. The zero-order valence-corrected chi connectivity index (χ0v) is 13.7. The molecule has 1 rings (SSSR count). The molecule has 0 radical (unpaired) electrons. The van der Waals surface area contributed by atoms with Crippen LogP contribution in [0.1, 0.15) is 46.0 Å². The second kappa shape index (κ2) is 8.35. The summed E-state index contributed by atoms with van der Waals surface area (Å²) in [4.78, 5) is 11.6. The van der Waals surface area contributed by atoms with Crippen LogP contribution >= 0.6 is 15.9 Å². The average molecular weight is 330 g/mol. The molecule has 0 atom stereocenters. The third-order valence-electron chi connectivity index (χ3n) is 3.10. The molecule has 1 N–H and O–H groups in total. The normalized spacial score (nSPS) is 11.0. The topological polar surface area (TPSA) is 46.9 Å². The van der Waals surface area contributed by atoms with E-state index in [4.69, 9.17) is 0 Å². The molecule has 0 amide bonds. The zero-order valence-electron chi connectivity index (χ0n) is 12.1. The maximum absolute atomic E-state index is 11.6. The lowest BCUT2D eigenvalue weighted by molar-refractivity contribution is 0.523. The van der Waals surface area contributed by atoms with Crippen molar-refractivity contribution in [3.8, 4) is 0 Å². The van der Waals surface area contributed by atoms with Gasteiger partial charge in [-0.3, -0.25) is 4.79 Å². The van der Waals surface area contributed by atoms with Gasteiger partial charge in [0, 0.05) is 13.6 Å². The summed E-state index contributed by atoms with van der Waals surface area (Å²) in [7, 11) is 1.64. The molecule has 0 aliphatic carbocycles. The lowest BCUT2D eigenvalue weighted by Crippen LogP contribution is -2.21. The Bertz CT molecular complexity index is 443. The van der Waals surface area contributed by atoms with E-state index in [1.54, 1.807) is 13.2 Å². The Morgan fingerprint density at radius 3 is 2.68 bits per heavy atom. The smallest absolute Gasteiger partial charge is 0.282 e. The van der Waals surface area contributed by atoms with Gasteiger partial charge < -0.3 is 5.32 Å². The molecular weight excluding hydrogens is 306 g/mol. The summed E-state index contributed by atoms with van der Waals surface area (Å²) in [6.07, 6.45) is 7.96. The van der Waals surface area contributed by atoms with Gasteiger partial charge in [-0.15, -0.1) is 0 Å². The molecule has 0 saturated heterocycles. The first-order valence-corrected chi connectivity index (χ1v) is 7.77. The fourth-order valence-electron chi connectivity index (χ4n) is 1.89. The quantitative estimate of drug-likeness (QED) is 0.742. The fraction of sp³-hybridized carbons (Fsp3) is 0.714. The maximum atomic E-state index is 11.6. The van der Waals surface area contributed by atoms with Gasteiger partial charge in [0.1, 0.15) is 4.47 Å². The monoisotopic (exact) mass is 329 g/mol. The van der Waals surface area contributed by atoms with Crippen LogP contribution in [-0.2, 0) is 7.05 Å². The minimum absolute atomic E-state index is 0.109. The molecule has 1 aromatic heterocycles. The van der Waals surface area contributed by atoms with Crippen LogP contribution in [0, 0.1) is 5.92 Å². The first-order valence-electron chi connectivity index (χ1n) is 6.98. The van der Waals surface area contributed by atoms with E-state index in [1.165, 1.54) is 30.4 Å². The van der Waals surface area contributed by atoms with Gasteiger partial charge in [-0.1, -0.05) is 39.5 Å². The van der Waals surface area contributed by atoms with Crippen LogP contribution in [-0.4, -0.2) is 16.3 Å². The van der Waals surface area contributed by atoms with E-state index in [2.05, 4.69) is 40.2 Å². The number of hydrogen-bond donors (Lipinski definition) is 1. The van der Waals surface area contributed by atoms with Crippen LogP contribution < -0.4 is 10.9 Å². The van der Waals surface area contributed by atoms with Gasteiger partial charge in [-0.25, -0.2) is 4.68 Å². The van der Waals surface area contributed by atoms with Gasteiger partial charge in [0.15, 0.2) is 0 Å². The molecule has 1 aromatic rings. The van der Waals surface area contributed by atoms with Gasteiger partial charge in [-0.05, 0) is 28.3 Å². The minimum Gasteiger partial charge on any atom is -0.383 e. The molecule has 1 heterocycles. The molecule has 4 nitrogen and oxygen atoms in total. The number of halogens is 1. The first-order chi connectivity index (χ1) is 9.02. The van der Waals surface area contributed by atoms with Crippen molar-refractivity contribution in [3.63, 3.8) is 0 Å². The third-order valence-corrected chi connectivity index (χ3v) is 3.87. The Morgan fingerprint density at radius 1 is 1.32 bits per heavy atom. The molecule has 0 fully saturated rings. The molecular formula is C14H24BrN3O. The summed E-state index contributed by atoms with van der Waals surface area (Å²) in [5, 5.41) is 7.26. The predicted octanol–water partition coefficient (Wildman–Crippen LogP) is 3.56. The molecule has 0 spiro atoms. The molecule has 0 bridgehead atoms. The molecule has 0 saturated carbocycles. The standard InChI is InChI=1S/C14H24BrN3O/c1-11(2)8-6-4-5-7-9-16-12-10-17-18(3)14(19)13(12)15/h10-11,16H,4-9H2,1-3H3. The molecule has 19 heavy (non-hydrogen) atoms. The van der Waals surface area contributed by atoms with Crippen molar-refractivity contribution in [2.75, 3.05) is 11.9 Å². The van der Waals surface area contributed by atoms with Crippen molar-refractivity contribution < 1.29 is 0 Å². The van der Waals surface area contributed by atoms with E-state index in [1.807, 2.05) is 0 Å². The largest absolute Gasteiger partial charge is 0.383 e. The van der Waals surface area contributed by atoms with Crippen molar-refractivity contribution in [2.45, 2.75) is 46.0 Å². The molecule has 108 valence electrons. The number of aromatic nitrogens is 2. The number of nitrogens with zero attached hydrogens (tertiary/aromatic N) is 2. The number of anilines is 1. The molecule has 0 aliphatic heterocycles. The van der Waals surface area contributed by atoms with Gasteiger partial charge in [-0.2, -0.15) is 5.10 Å². The Morgan fingerprint density at radius 2 is 2.00 bits per heavy atom. The van der Waals surface area contributed by atoms with Crippen LogP contribution in [0.15, 0.2) is 15.5 Å². The van der Waals surface area contributed by atoms with E-state index in [-0.39, 0.29) is 5.56 Å². The van der Waals surface area contributed by atoms with E-state index in [0.29, 0.717) is 4.47 Å². The number of hydrogen-bond acceptors (Lipinski definition) is 3. The molecule has 0 aliphatic rings. The van der Waals surface area contributed by atoms with Gasteiger partial charge in [0.2, 0.25) is 0 Å². The van der Waals surface area contributed by atoms with E-state index < -0.39 is 0 Å². The third kappa shape index (κ3) is 5.76. The SMILES string of the molecule is CC(C)CCCCCCNc1cnn(C)c(=O)c1Br. The number of aryl methyl sites for hydroxylation is 1. The summed E-state index contributed by atoms with van der Waals surface area (Å²) in [6, 6.07) is 0. The van der Waals surface area contributed by atoms with Crippen molar-refractivity contribution >= 4 is 21.6 Å². The van der Waals surface area contributed by atoms with Crippen LogP contribution in [0.4, 0.5) is 5.69 Å². The summed E-state index contributed by atoms with van der Waals surface area (Å²) >= 11 is 3.31. The van der Waals surface area contributed by atoms with Crippen molar-refractivity contribution in [1.82, 2.24) is 9.78 Å². The second-order valence-electron chi connectivity index (χ2n) is 5.32. The lowest BCUT2D eigenvalue weighted by atomic mass is 10.0. The first kappa shape index (κ1) is 16.2. The number of unbranched alkanes of at least 4 members (excludes halogenated alkanes) is 3. The highest BCUT2D eigenvalue weighted by atomic mass is 79.9. The van der Waals surface area contributed by atoms with Crippen molar-refractivity contribution in [2.24, 2.45) is 13.0 Å². The van der Waals surface area contributed by atoms with Gasteiger partial charge in [0.25, 0.3) is 5.56 Å². The number of nitrogens with one attached hydrogen (secondary N) is 1. The lowest BCUT2D eigenvalue weighted by Gasteiger charge is -2.08. The Kier molecular flexibility index (Phi) is 7.13. The van der Waals surface area contributed by atoms with Crippen molar-refractivity contribution in [1.29, 1.82) is 0 Å². The predicted molar refractivity (Wildman–Crippen MR) is 83.6 cm³/mol. The summed E-state index contributed by atoms with van der Waals surface area (Å²) in [5.74, 6) is 0.806. The second-order valence-corrected chi connectivity index (χ2v) is 6.12. The highest BCUT2D eigenvalue weighted by Crippen LogP contribution is 2.16. The fourth-order valence-corrected chi connectivity index (χ4v) is 2.39. The molecule has 5 heteroatoms. The van der Waals surface area contributed by atoms with E-state index in [0.717, 1.165) is 24.6 Å². The van der Waals surface area contributed by atoms with E-state index in [9.17, 15) is 4.79 Å². The Labute approximate surface area is 123 Å². The van der Waals surface area contributed by atoms with Crippen LogP contribution in [0.25, 0.3) is 0 Å². The molecule has 0 unspecified atom stereocenters. The van der Waals surface area contributed by atoms with Crippen molar-refractivity contribution in [3.05, 3.63) is 21.0 Å². The van der Waals surface area contributed by atoms with Crippen LogP contribution in [0.2, 0.25) is 0 Å². The minimum atomic E-state index is -0.109. The zero-order chi connectivity index (χ0) is 14.3. The van der Waals surface area contributed by atoms with Gasteiger partial charge in [0.05, 0.1) is 11.9 Å². The maximum Gasteiger partial charge on any atom is 0.282 e. The van der Waals surface area contributed by atoms with E-state index >= 15 is 0 Å². The highest BCUT2D eigenvalue weighted by molar-refractivity contribution is 9.10. The van der Waals surface area contributed by atoms with Crippen LogP contribution in [0.5, 0.6) is 0 Å². The summed E-state index contributed by atoms with van der Waals surface area (Å²) < 4.78 is 1.88. The Balaban J connectivity index is 2.23.